The molecule has 0 aromatic rings. The van der Waals surface area contributed by atoms with Crippen LogP contribution < -0.4 is 0 Å². The van der Waals surface area contributed by atoms with Crippen molar-refractivity contribution in [3.8, 4) is 12.3 Å². The second-order valence-corrected chi connectivity index (χ2v) is 6.41. The zero-order chi connectivity index (χ0) is 17.0. The minimum Gasteiger partial charge on any atom is -0.377 e. The molecule has 1 atom stereocenters. The van der Waals surface area contributed by atoms with E-state index in [-0.39, 0.29) is 0 Å². The molecule has 0 spiro atoms. The van der Waals surface area contributed by atoms with Crippen molar-refractivity contribution >= 4 is 0 Å². The van der Waals surface area contributed by atoms with Crippen LogP contribution in [-0.4, -0.2) is 11.2 Å². The highest BCUT2D eigenvalue weighted by Gasteiger charge is 1.92. The first-order valence-corrected chi connectivity index (χ1v) is 9.77. The lowest BCUT2D eigenvalue weighted by atomic mass is 10.1. The molecule has 0 radical (unpaired) electrons. The van der Waals surface area contributed by atoms with Crippen molar-refractivity contribution in [2.24, 2.45) is 0 Å². The van der Waals surface area contributed by atoms with Crippen LogP contribution in [0, 0.1) is 12.3 Å². The fraction of sp³-hybridized carbons (Fsp3) is 0.727. The molecule has 1 N–H and O–H groups in total. The lowest BCUT2D eigenvalue weighted by Crippen LogP contribution is -1.95. The van der Waals surface area contributed by atoms with Gasteiger partial charge in [0.05, 0.1) is 0 Å². The zero-order valence-electron chi connectivity index (χ0n) is 15.3. The van der Waals surface area contributed by atoms with Gasteiger partial charge in [-0.05, 0) is 44.6 Å². The van der Waals surface area contributed by atoms with Gasteiger partial charge >= 0.3 is 0 Å². The summed E-state index contributed by atoms with van der Waals surface area (Å²) in [6.45, 7) is 2.26. The van der Waals surface area contributed by atoms with E-state index in [1.165, 1.54) is 83.5 Å². The number of aliphatic hydroxyl groups excluding tert-OH is 1. The predicted molar refractivity (Wildman–Crippen MR) is 103 cm³/mol. The summed E-state index contributed by atoms with van der Waals surface area (Å²) in [5.74, 6) is 2.28. The van der Waals surface area contributed by atoms with Crippen molar-refractivity contribution in [3.63, 3.8) is 0 Å². The molecule has 132 valence electrons. The van der Waals surface area contributed by atoms with Crippen molar-refractivity contribution in [2.45, 2.75) is 103 Å². The third-order valence-electron chi connectivity index (χ3n) is 4.12. The molecule has 0 rings (SSSR count). The van der Waals surface area contributed by atoms with E-state index in [4.69, 9.17) is 11.5 Å². The first-order chi connectivity index (χ1) is 11.3. The third-order valence-corrected chi connectivity index (χ3v) is 4.12. The number of rotatable bonds is 16. The van der Waals surface area contributed by atoms with E-state index in [2.05, 4.69) is 25.0 Å². The van der Waals surface area contributed by atoms with Crippen LogP contribution in [0.1, 0.15) is 96.8 Å². The van der Waals surface area contributed by atoms with E-state index in [0.29, 0.717) is 0 Å². The Balaban J connectivity index is 3.15. The highest BCUT2D eigenvalue weighted by Crippen LogP contribution is 2.11. The minimum atomic E-state index is -0.708. The average Bonchev–Trinajstić information content (AvgIpc) is 2.57. The Hall–Kier alpha value is -1.00. The monoisotopic (exact) mass is 318 g/mol. The topological polar surface area (TPSA) is 20.2 Å². The smallest absolute Gasteiger partial charge is 0.133 e. The Morgan fingerprint density at radius 1 is 0.739 bits per heavy atom. The summed E-state index contributed by atoms with van der Waals surface area (Å²) in [5, 5.41) is 9.16. The quantitative estimate of drug-likeness (QED) is 0.194. The molecule has 23 heavy (non-hydrogen) atoms. The largest absolute Gasteiger partial charge is 0.377 e. The average molecular weight is 319 g/mol. The maximum absolute atomic E-state index is 9.16. The Labute approximate surface area is 145 Å². The van der Waals surface area contributed by atoms with Gasteiger partial charge in [0.1, 0.15) is 6.10 Å². The molecule has 0 saturated carbocycles. The number of terminal acetylenes is 1. The van der Waals surface area contributed by atoms with E-state index >= 15 is 0 Å². The molecule has 0 bridgehead atoms. The van der Waals surface area contributed by atoms with Gasteiger partial charge < -0.3 is 5.11 Å². The van der Waals surface area contributed by atoms with Gasteiger partial charge in [-0.25, -0.2) is 0 Å². The normalized spacial score (nSPS) is 12.9. The van der Waals surface area contributed by atoms with Crippen molar-refractivity contribution in [1.29, 1.82) is 0 Å². The summed E-state index contributed by atoms with van der Waals surface area (Å²) in [6.07, 6.45) is 31.1. The first kappa shape index (κ1) is 22.0. The maximum atomic E-state index is 9.16. The lowest BCUT2D eigenvalue weighted by Gasteiger charge is -2.00. The van der Waals surface area contributed by atoms with Crippen LogP contribution >= 0.6 is 0 Å². The lowest BCUT2D eigenvalue weighted by molar-refractivity contribution is 0.280. The fourth-order valence-electron chi connectivity index (χ4n) is 2.61. The molecule has 1 heteroatoms. The Kier molecular flexibility index (Phi) is 18.2. The van der Waals surface area contributed by atoms with E-state index in [1.807, 2.05) is 6.08 Å². The second kappa shape index (κ2) is 19.0. The first-order valence-electron chi connectivity index (χ1n) is 9.77. The van der Waals surface area contributed by atoms with Crippen LogP contribution in [-0.2, 0) is 0 Å². The van der Waals surface area contributed by atoms with Crippen LogP contribution in [0.25, 0.3) is 0 Å². The van der Waals surface area contributed by atoms with Crippen LogP contribution in [0.5, 0.6) is 0 Å². The van der Waals surface area contributed by atoms with Crippen molar-refractivity contribution < 1.29 is 5.11 Å². The molecular weight excluding hydrogens is 280 g/mol. The molecule has 0 unspecified atom stereocenters. The summed E-state index contributed by atoms with van der Waals surface area (Å²) in [4.78, 5) is 0. The van der Waals surface area contributed by atoms with Gasteiger partial charge in [0.2, 0.25) is 0 Å². The summed E-state index contributed by atoms with van der Waals surface area (Å²) in [5.41, 5.74) is 0. The maximum Gasteiger partial charge on any atom is 0.133 e. The fourth-order valence-corrected chi connectivity index (χ4v) is 2.61. The molecule has 0 aliphatic carbocycles. The molecular formula is C22H38O. The molecule has 0 aliphatic heterocycles. The number of unbranched alkanes of at least 4 members (excludes halogenated alkanes) is 12. The Morgan fingerprint density at radius 3 is 1.65 bits per heavy atom. The van der Waals surface area contributed by atoms with E-state index in [1.54, 1.807) is 6.08 Å². The van der Waals surface area contributed by atoms with Crippen LogP contribution in [0.4, 0.5) is 0 Å². The predicted octanol–water partition coefficient (Wildman–Crippen LogP) is 6.57. The van der Waals surface area contributed by atoms with Gasteiger partial charge in [-0.15, -0.1) is 6.42 Å². The molecule has 0 aliphatic rings. The summed E-state index contributed by atoms with van der Waals surface area (Å²) in [6, 6.07) is 0. The molecule has 0 aromatic heterocycles. The van der Waals surface area contributed by atoms with Gasteiger partial charge in [-0.1, -0.05) is 82.4 Å². The van der Waals surface area contributed by atoms with Crippen LogP contribution in [0.15, 0.2) is 24.3 Å². The number of aliphatic hydroxyl groups is 1. The summed E-state index contributed by atoms with van der Waals surface area (Å²) >= 11 is 0. The highest BCUT2D eigenvalue weighted by molar-refractivity contribution is 5.05. The molecule has 1 nitrogen and oxygen atoms in total. The molecule has 0 aromatic carbocycles. The van der Waals surface area contributed by atoms with Crippen LogP contribution in [0.2, 0.25) is 0 Å². The van der Waals surface area contributed by atoms with Gasteiger partial charge in [-0.2, -0.15) is 0 Å². The van der Waals surface area contributed by atoms with Crippen molar-refractivity contribution in [2.75, 3.05) is 0 Å². The van der Waals surface area contributed by atoms with Gasteiger partial charge in [0, 0.05) is 0 Å². The number of hydrogen-bond donors (Lipinski definition) is 1. The molecule has 0 saturated heterocycles. The van der Waals surface area contributed by atoms with Crippen molar-refractivity contribution in [1.82, 2.24) is 0 Å². The van der Waals surface area contributed by atoms with Crippen LogP contribution in [0.3, 0.4) is 0 Å². The minimum absolute atomic E-state index is 0.708. The third kappa shape index (κ3) is 19.0. The van der Waals surface area contributed by atoms with Crippen molar-refractivity contribution in [3.05, 3.63) is 24.3 Å². The second-order valence-electron chi connectivity index (χ2n) is 6.41. The molecule has 0 amide bonds. The number of allylic oxidation sites excluding steroid dienone is 3. The standard InChI is InChI=1S/C22H38O/c1-3-5-6-7-8-9-10-11-12-13-14-15-16-17-18-19-20-21-22(23)4-2/h2,9-10,20-23H,3,5-8,11-19H2,1H3/b10-9-,21-20+/t22-/m1/s1. The Morgan fingerprint density at radius 2 is 1.17 bits per heavy atom. The zero-order valence-corrected chi connectivity index (χ0v) is 15.3. The summed E-state index contributed by atoms with van der Waals surface area (Å²) < 4.78 is 0. The highest BCUT2D eigenvalue weighted by atomic mass is 16.3. The van der Waals surface area contributed by atoms with Gasteiger partial charge in [0.25, 0.3) is 0 Å². The van der Waals surface area contributed by atoms with E-state index in [0.717, 1.165) is 6.42 Å². The molecule has 0 fully saturated rings. The van der Waals surface area contributed by atoms with E-state index < -0.39 is 6.10 Å². The number of hydrogen-bond acceptors (Lipinski definition) is 1. The Bertz CT molecular complexity index is 321. The molecule has 0 heterocycles. The van der Waals surface area contributed by atoms with Gasteiger partial charge in [0.15, 0.2) is 0 Å². The van der Waals surface area contributed by atoms with E-state index in [9.17, 15) is 0 Å². The van der Waals surface area contributed by atoms with Gasteiger partial charge in [-0.3, -0.25) is 0 Å². The SMILES string of the molecule is C#C[C@@H](O)/C=C/CCCCCCCCC/C=C\CCCCCC. The summed E-state index contributed by atoms with van der Waals surface area (Å²) in [7, 11) is 0.